The van der Waals surface area contributed by atoms with Crippen molar-refractivity contribution in [3.8, 4) is 0 Å². The first-order valence-electron chi connectivity index (χ1n) is 4.07. The van der Waals surface area contributed by atoms with Crippen molar-refractivity contribution in [1.82, 2.24) is 0 Å². The van der Waals surface area contributed by atoms with Crippen molar-refractivity contribution in [3.63, 3.8) is 0 Å². The van der Waals surface area contributed by atoms with Crippen molar-refractivity contribution in [2.75, 3.05) is 12.9 Å². The number of hydrogen-bond acceptors (Lipinski definition) is 4. The van der Waals surface area contributed by atoms with Gasteiger partial charge in [-0.3, -0.25) is 4.79 Å². The van der Waals surface area contributed by atoms with Crippen molar-refractivity contribution >= 4 is 34.1 Å². The number of carbonyl (C=O) groups excluding carboxylic acids is 1. The number of methoxy groups -OCH3 is 1. The Kier molecular flexibility index (Phi) is 5.56. The molecular formula is C9H16O2S2. The number of esters is 1. The normalized spacial score (nSPS) is 11.1. The van der Waals surface area contributed by atoms with E-state index >= 15 is 0 Å². The first-order chi connectivity index (χ1) is 5.85. The third kappa shape index (κ3) is 8.25. The van der Waals surface area contributed by atoms with Crippen molar-refractivity contribution < 1.29 is 9.53 Å². The van der Waals surface area contributed by atoms with Crippen LogP contribution in [0.25, 0.3) is 0 Å². The van der Waals surface area contributed by atoms with Gasteiger partial charge in [-0.25, -0.2) is 0 Å². The summed E-state index contributed by atoms with van der Waals surface area (Å²) < 4.78 is 5.38. The van der Waals surface area contributed by atoms with Crippen LogP contribution in [0.3, 0.4) is 0 Å². The van der Waals surface area contributed by atoms with Gasteiger partial charge in [0.1, 0.15) is 0 Å². The molecule has 13 heavy (non-hydrogen) atoms. The van der Waals surface area contributed by atoms with Crippen LogP contribution in [0.5, 0.6) is 0 Å². The lowest BCUT2D eigenvalue weighted by Gasteiger charge is -2.17. The molecule has 0 unspecified atom stereocenters. The van der Waals surface area contributed by atoms with Gasteiger partial charge in [-0.15, -0.1) is 11.8 Å². The predicted octanol–water partition coefficient (Wildman–Crippen LogP) is 2.66. The minimum Gasteiger partial charge on any atom is -0.468 e. The Morgan fingerprint density at radius 2 is 2.00 bits per heavy atom. The summed E-state index contributed by atoms with van der Waals surface area (Å²) in [4.78, 5) is 10.8. The van der Waals surface area contributed by atoms with Gasteiger partial charge in [-0.1, -0.05) is 33.0 Å². The van der Waals surface area contributed by atoms with E-state index in [-0.39, 0.29) is 11.4 Å². The third-order valence-electron chi connectivity index (χ3n) is 1.25. The van der Waals surface area contributed by atoms with Crippen LogP contribution in [0.15, 0.2) is 0 Å². The molecule has 0 aliphatic carbocycles. The highest BCUT2D eigenvalue weighted by Gasteiger charge is 2.14. The first kappa shape index (κ1) is 12.9. The maximum atomic E-state index is 10.8. The molecule has 0 aromatic rings. The second-order valence-electron chi connectivity index (χ2n) is 3.97. The van der Waals surface area contributed by atoms with Crippen LogP contribution >= 0.6 is 24.0 Å². The van der Waals surface area contributed by atoms with Gasteiger partial charge in [0.2, 0.25) is 0 Å². The molecular weight excluding hydrogens is 204 g/mol. The molecule has 0 N–H and O–H groups in total. The summed E-state index contributed by atoms with van der Waals surface area (Å²) in [7, 11) is 1.38. The van der Waals surface area contributed by atoms with Crippen LogP contribution < -0.4 is 0 Å². The van der Waals surface area contributed by atoms with Crippen LogP contribution in [-0.2, 0) is 9.53 Å². The zero-order chi connectivity index (χ0) is 10.5. The molecule has 0 heterocycles. The molecule has 0 amide bonds. The van der Waals surface area contributed by atoms with E-state index < -0.39 is 0 Å². The summed E-state index contributed by atoms with van der Waals surface area (Å²) in [5.41, 5.74) is 0.195. The van der Waals surface area contributed by atoms with Gasteiger partial charge >= 0.3 is 5.97 Å². The Morgan fingerprint density at radius 1 is 1.46 bits per heavy atom. The number of thiocarbonyl (C=S) groups is 1. The highest BCUT2D eigenvalue weighted by atomic mass is 32.2. The maximum absolute atomic E-state index is 10.8. The fourth-order valence-corrected chi connectivity index (χ4v) is 2.22. The zero-order valence-corrected chi connectivity index (χ0v) is 10.2. The van der Waals surface area contributed by atoms with Crippen LogP contribution in [0.2, 0.25) is 0 Å². The Bertz CT molecular complexity index is 194. The van der Waals surface area contributed by atoms with Gasteiger partial charge in [0, 0.05) is 4.20 Å². The fraction of sp³-hybridized carbons (Fsp3) is 0.778. The van der Waals surface area contributed by atoms with Gasteiger partial charge in [0.05, 0.1) is 12.9 Å². The van der Waals surface area contributed by atoms with Crippen molar-refractivity contribution in [3.05, 3.63) is 0 Å². The van der Waals surface area contributed by atoms with Gasteiger partial charge < -0.3 is 4.74 Å². The predicted molar refractivity (Wildman–Crippen MR) is 61.1 cm³/mol. The smallest absolute Gasteiger partial charge is 0.316 e. The van der Waals surface area contributed by atoms with Gasteiger partial charge in [0.25, 0.3) is 0 Å². The zero-order valence-electron chi connectivity index (χ0n) is 8.55. The van der Waals surface area contributed by atoms with Crippen LogP contribution in [0.4, 0.5) is 0 Å². The second-order valence-corrected chi connectivity index (χ2v) is 5.80. The molecule has 0 aromatic heterocycles. The van der Waals surface area contributed by atoms with Gasteiger partial charge in [-0.2, -0.15) is 0 Å². The number of hydrogen-bond donors (Lipinski definition) is 0. The summed E-state index contributed by atoms with van der Waals surface area (Å²) >= 11 is 6.52. The summed E-state index contributed by atoms with van der Waals surface area (Å²) in [6.07, 6.45) is 0.851. The molecule has 0 fully saturated rings. The van der Waals surface area contributed by atoms with E-state index in [2.05, 4.69) is 25.5 Å². The lowest BCUT2D eigenvalue weighted by molar-refractivity contribution is -0.137. The van der Waals surface area contributed by atoms with Gasteiger partial charge in [-0.05, 0) is 11.8 Å². The van der Waals surface area contributed by atoms with Crippen LogP contribution in [-0.4, -0.2) is 23.0 Å². The minimum absolute atomic E-state index is 0.195. The molecule has 4 heteroatoms. The third-order valence-corrected chi connectivity index (χ3v) is 2.60. The molecule has 0 aromatic carbocycles. The van der Waals surface area contributed by atoms with E-state index in [1.807, 2.05) is 0 Å². The largest absolute Gasteiger partial charge is 0.468 e. The monoisotopic (exact) mass is 220 g/mol. The number of thioether (sulfide) groups is 1. The number of ether oxygens (including phenoxy) is 1. The highest BCUT2D eigenvalue weighted by Crippen LogP contribution is 2.23. The molecule has 76 valence electrons. The number of rotatable bonds is 3. The minimum atomic E-state index is -0.221. The van der Waals surface area contributed by atoms with Crippen molar-refractivity contribution in [2.24, 2.45) is 5.41 Å². The Labute approximate surface area is 89.4 Å². The summed E-state index contributed by atoms with van der Waals surface area (Å²) in [5, 5.41) is 0. The molecule has 2 nitrogen and oxygen atoms in total. The van der Waals surface area contributed by atoms with Crippen LogP contribution in [0, 0.1) is 5.41 Å². The number of carbonyl (C=O) groups is 1. The molecule has 0 aliphatic heterocycles. The molecule has 0 aliphatic rings. The Morgan fingerprint density at radius 3 is 2.38 bits per heavy atom. The molecule has 0 saturated heterocycles. The molecule has 0 radical (unpaired) electrons. The summed E-state index contributed by atoms with van der Waals surface area (Å²) in [6, 6.07) is 0. The summed E-state index contributed by atoms with van der Waals surface area (Å²) in [5.74, 6) is 0.104. The van der Waals surface area contributed by atoms with E-state index in [0.29, 0.717) is 5.75 Å². The Balaban J connectivity index is 3.71. The topological polar surface area (TPSA) is 26.3 Å². The van der Waals surface area contributed by atoms with Gasteiger partial charge in [0.15, 0.2) is 0 Å². The average Bonchev–Trinajstić information content (AvgIpc) is 1.97. The van der Waals surface area contributed by atoms with Crippen LogP contribution in [0.1, 0.15) is 27.2 Å². The SMILES string of the molecule is COC(=O)CSC(=S)CC(C)(C)C. The van der Waals surface area contributed by atoms with E-state index in [9.17, 15) is 4.79 Å². The van der Waals surface area contributed by atoms with E-state index in [0.717, 1.165) is 10.6 Å². The molecule has 0 atom stereocenters. The van der Waals surface area contributed by atoms with E-state index in [1.54, 1.807) is 0 Å². The Hall–Kier alpha value is -0.0900. The quantitative estimate of drug-likeness (QED) is 0.539. The molecule has 0 bridgehead atoms. The summed E-state index contributed by atoms with van der Waals surface area (Å²) in [6.45, 7) is 6.37. The lowest BCUT2D eigenvalue weighted by atomic mass is 9.94. The standard InChI is InChI=1S/C9H16O2S2/c1-9(2,3)5-8(12)13-6-7(10)11-4/h5-6H2,1-4H3. The molecule has 0 saturated carbocycles. The first-order valence-corrected chi connectivity index (χ1v) is 5.47. The average molecular weight is 220 g/mol. The second kappa shape index (κ2) is 5.60. The molecule has 0 spiro atoms. The fourth-order valence-electron chi connectivity index (χ4n) is 0.682. The highest BCUT2D eigenvalue weighted by molar-refractivity contribution is 8.23. The van der Waals surface area contributed by atoms with Crippen molar-refractivity contribution in [1.29, 1.82) is 0 Å². The lowest BCUT2D eigenvalue weighted by Crippen LogP contribution is -2.11. The molecule has 0 rings (SSSR count). The van der Waals surface area contributed by atoms with Crippen molar-refractivity contribution in [2.45, 2.75) is 27.2 Å². The maximum Gasteiger partial charge on any atom is 0.316 e. The van der Waals surface area contributed by atoms with E-state index in [4.69, 9.17) is 12.2 Å². The van der Waals surface area contributed by atoms with E-state index in [1.165, 1.54) is 18.9 Å².